The molecule has 1 aliphatic rings. The third-order valence-electron chi connectivity index (χ3n) is 2.16. The molecule has 0 saturated carbocycles. The van der Waals surface area contributed by atoms with Crippen LogP contribution in [0, 0.1) is 0 Å². The highest BCUT2D eigenvalue weighted by atomic mass is 79.9. The van der Waals surface area contributed by atoms with Gasteiger partial charge in [-0.1, -0.05) is 15.9 Å². The highest BCUT2D eigenvalue weighted by Gasteiger charge is 2.20. The number of hydrogen-bond acceptors (Lipinski definition) is 3. The SMILES string of the molecule is CC(C)(O)Cc1cc2c(cc1Br)OCO2. The lowest BCUT2D eigenvalue weighted by atomic mass is 9.98. The van der Waals surface area contributed by atoms with Gasteiger partial charge in [0.1, 0.15) is 0 Å². The zero-order chi connectivity index (χ0) is 11.1. The van der Waals surface area contributed by atoms with Crippen LogP contribution in [0.15, 0.2) is 16.6 Å². The van der Waals surface area contributed by atoms with Gasteiger partial charge in [0.05, 0.1) is 5.60 Å². The van der Waals surface area contributed by atoms with Gasteiger partial charge >= 0.3 is 0 Å². The van der Waals surface area contributed by atoms with Crippen molar-refractivity contribution < 1.29 is 14.6 Å². The van der Waals surface area contributed by atoms with E-state index in [1.54, 1.807) is 13.8 Å². The number of aliphatic hydroxyl groups is 1. The molecule has 0 amide bonds. The predicted octanol–water partition coefficient (Wildman–Crippen LogP) is 2.49. The van der Waals surface area contributed by atoms with E-state index in [1.807, 2.05) is 12.1 Å². The molecule has 1 aromatic rings. The largest absolute Gasteiger partial charge is 0.454 e. The quantitative estimate of drug-likeness (QED) is 0.899. The third kappa shape index (κ3) is 2.44. The summed E-state index contributed by atoms with van der Waals surface area (Å²) in [6, 6.07) is 3.79. The zero-order valence-electron chi connectivity index (χ0n) is 8.71. The van der Waals surface area contributed by atoms with Crippen molar-refractivity contribution in [3.05, 3.63) is 22.2 Å². The van der Waals surface area contributed by atoms with Crippen molar-refractivity contribution in [2.45, 2.75) is 25.9 Å². The van der Waals surface area contributed by atoms with Gasteiger partial charge in [0.15, 0.2) is 11.5 Å². The van der Waals surface area contributed by atoms with Gasteiger partial charge in [-0.25, -0.2) is 0 Å². The summed E-state index contributed by atoms with van der Waals surface area (Å²) in [6.07, 6.45) is 0.574. The fraction of sp³-hybridized carbons (Fsp3) is 0.455. The lowest BCUT2D eigenvalue weighted by Crippen LogP contribution is -2.22. The molecule has 1 aliphatic heterocycles. The Hall–Kier alpha value is -0.740. The van der Waals surface area contributed by atoms with E-state index in [-0.39, 0.29) is 6.79 Å². The number of ether oxygens (including phenoxy) is 2. The average molecular weight is 273 g/mol. The summed E-state index contributed by atoms with van der Waals surface area (Å²) in [5, 5.41) is 9.75. The first-order valence-electron chi connectivity index (χ1n) is 4.76. The maximum Gasteiger partial charge on any atom is 0.231 e. The highest BCUT2D eigenvalue weighted by Crippen LogP contribution is 2.37. The number of benzene rings is 1. The van der Waals surface area contributed by atoms with Crippen molar-refractivity contribution >= 4 is 15.9 Å². The Morgan fingerprint density at radius 1 is 1.33 bits per heavy atom. The van der Waals surface area contributed by atoms with Crippen LogP contribution in [-0.2, 0) is 6.42 Å². The molecule has 0 spiro atoms. The Labute approximate surface area is 97.1 Å². The van der Waals surface area contributed by atoms with E-state index in [1.165, 1.54) is 0 Å². The molecule has 15 heavy (non-hydrogen) atoms. The van der Waals surface area contributed by atoms with Gasteiger partial charge in [0.2, 0.25) is 6.79 Å². The van der Waals surface area contributed by atoms with Gasteiger partial charge in [0.25, 0.3) is 0 Å². The molecular weight excluding hydrogens is 260 g/mol. The molecule has 0 aromatic heterocycles. The first kappa shape index (κ1) is 10.8. The zero-order valence-corrected chi connectivity index (χ0v) is 10.3. The van der Waals surface area contributed by atoms with Crippen LogP contribution in [0.5, 0.6) is 11.5 Å². The highest BCUT2D eigenvalue weighted by molar-refractivity contribution is 9.10. The molecule has 0 aliphatic carbocycles. The molecule has 0 radical (unpaired) electrons. The fourth-order valence-corrected chi connectivity index (χ4v) is 2.02. The molecule has 1 heterocycles. The summed E-state index contributed by atoms with van der Waals surface area (Å²) >= 11 is 3.46. The van der Waals surface area contributed by atoms with Crippen LogP contribution in [0.3, 0.4) is 0 Å². The van der Waals surface area contributed by atoms with Crippen molar-refractivity contribution in [2.24, 2.45) is 0 Å². The molecule has 0 fully saturated rings. The van der Waals surface area contributed by atoms with Crippen LogP contribution in [0.4, 0.5) is 0 Å². The normalized spacial score (nSPS) is 14.4. The predicted molar refractivity (Wildman–Crippen MR) is 60.3 cm³/mol. The van der Waals surface area contributed by atoms with Gasteiger partial charge in [-0.2, -0.15) is 0 Å². The van der Waals surface area contributed by atoms with Crippen LogP contribution in [0.25, 0.3) is 0 Å². The lowest BCUT2D eigenvalue weighted by molar-refractivity contribution is 0.0808. The lowest BCUT2D eigenvalue weighted by Gasteiger charge is -2.18. The van der Waals surface area contributed by atoms with E-state index in [9.17, 15) is 5.11 Å². The van der Waals surface area contributed by atoms with E-state index >= 15 is 0 Å². The molecule has 0 saturated heterocycles. The summed E-state index contributed by atoms with van der Waals surface area (Å²) in [5.74, 6) is 1.50. The average Bonchev–Trinajstić information content (AvgIpc) is 2.49. The molecule has 82 valence electrons. The van der Waals surface area contributed by atoms with Crippen LogP contribution >= 0.6 is 15.9 Å². The molecule has 4 heteroatoms. The molecule has 0 unspecified atom stereocenters. The number of fused-ring (bicyclic) bond motifs is 1. The van der Waals surface area contributed by atoms with E-state index in [4.69, 9.17) is 9.47 Å². The minimum atomic E-state index is -0.726. The minimum Gasteiger partial charge on any atom is -0.454 e. The van der Waals surface area contributed by atoms with Crippen molar-refractivity contribution in [3.8, 4) is 11.5 Å². The minimum absolute atomic E-state index is 0.272. The summed E-state index contributed by atoms with van der Waals surface area (Å²) < 4.78 is 11.5. The summed E-state index contributed by atoms with van der Waals surface area (Å²) in [7, 11) is 0. The van der Waals surface area contributed by atoms with Crippen LogP contribution < -0.4 is 9.47 Å². The molecule has 1 N–H and O–H groups in total. The number of rotatable bonds is 2. The summed E-state index contributed by atoms with van der Waals surface area (Å²) in [6.45, 7) is 3.84. The van der Waals surface area contributed by atoms with E-state index in [0.29, 0.717) is 6.42 Å². The maximum absolute atomic E-state index is 9.75. The molecule has 0 atom stereocenters. The van der Waals surface area contributed by atoms with Crippen molar-refractivity contribution in [2.75, 3.05) is 6.79 Å². The topological polar surface area (TPSA) is 38.7 Å². The fourth-order valence-electron chi connectivity index (χ4n) is 1.56. The Bertz CT molecular complexity index is 382. The maximum atomic E-state index is 9.75. The Kier molecular flexibility index (Phi) is 2.64. The van der Waals surface area contributed by atoms with E-state index in [0.717, 1.165) is 21.5 Å². The van der Waals surface area contributed by atoms with Crippen LogP contribution in [0.1, 0.15) is 19.4 Å². The number of hydrogen-bond donors (Lipinski definition) is 1. The van der Waals surface area contributed by atoms with Gasteiger partial charge in [0, 0.05) is 10.9 Å². The van der Waals surface area contributed by atoms with Gasteiger partial charge < -0.3 is 14.6 Å². The Morgan fingerprint density at radius 3 is 2.53 bits per heavy atom. The monoisotopic (exact) mass is 272 g/mol. The second kappa shape index (κ2) is 3.68. The van der Waals surface area contributed by atoms with Gasteiger partial charge in [-0.05, 0) is 31.5 Å². The molecule has 2 rings (SSSR count). The van der Waals surface area contributed by atoms with Crippen LogP contribution in [0.2, 0.25) is 0 Å². The first-order valence-corrected chi connectivity index (χ1v) is 5.55. The van der Waals surface area contributed by atoms with Crippen molar-refractivity contribution in [1.82, 2.24) is 0 Å². The third-order valence-corrected chi connectivity index (χ3v) is 2.90. The Balaban J connectivity index is 2.33. The summed E-state index contributed by atoms with van der Waals surface area (Å²) in [4.78, 5) is 0. The molecular formula is C11H13BrO3. The standard InChI is InChI=1S/C11H13BrO3/c1-11(2,13)5-7-3-9-10(4-8(7)12)15-6-14-9/h3-4,13H,5-6H2,1-2H3. The van der Waals surface area contributed by atoms with Crippen LogP contribution in [-0.4, -0.2) is 17.5 Å². The first-order chi connectivity index (χ1) is 6.96. The summed E-state index contributed by atoms with van der Waals surface area (Å²) in [5.41, 5.74) is 0.294. The second-order valence-corrected chi connectivity index (χ2v) is 5.14. The number of halogens is 1. The second-order valence-electron chi connectivity index (χ2n) is 4.29. The molecule has 1 aromatic carbocycles. The van der Waals surface area contributed by atoms with Crippen molar-refractivity contribution in [1.29, 1.82) is 0 Å². The Morgan fingerprint density at radius 2 is 1.93 bits per heavy atom. The smallest absolute Gasteiger partial charge is 0.231 e. The van der Waals surface area contributed by atoms with E-state index in [2.05, 4.69) is 15.9 Å². The van der Waals surface area contributed by atoms with E-state index < -0.39 is 5.60 Å². The van der Waals surface area contributed by atoms with Gasteiger partial charge in [-0.3, -0.25) is 0 Å². The van der Waals surface area contributed by atoms with Crippen molar-refractivity contribution in [3.63, 3.8) is 0 Å². The molecule has 3 nitrogen and oxygen atoms in total. The molecule has 0 bridgehead atoms. The van der Waals surface area contributed by atoms with Gasteiger partial charge in [-0.15, -0.1) is 0 Å².